The standard InChI is InChI=1S/C6H9F3N4O2S/c1-13-4(2-3-6(7,8)9)11-12-5(13)16(10,14)15/h2-3H2,1H3,(H2,10,14,15). The van der Waals surface area contributed by atoms with Gasteiger partial charge in [-0.1, -0.05) is 0 Å². The third-order valence-corrected chi connectivity index (χ3v) is 2.68. The molecule has 0 saturated heterocycles. The van der Waals surface area contributed by atoms with Crippen LogP contribution in [0.4, 0.5) is 13.2 Å². The van der Waals surface area contributed by atoms with Crippen molar-refractivity contribution >= 4 is 10.0 Å². The van der Waals surface area contributed by atoms with Crippen LogP contribution in [0.15, 0.2) is 5.16 Å². The summed E-state index contributed by atoms with van der Waals surface area (Å²) in [5.74, 6) is -0.0821. The minimum absolute atomic E-state index is 0.0821. The van der Waals surface area contributed by atoms with E-state index < -0.39 is 34.2 Å². The molecule has 0 aliphatic heterocycles. The Morgan fingerprint density at radius 3 is 2.31 bits per heavy atom. The zero-order chi connectivity index (χ0) is 12.6. The fourth-order valence-corrected chi connectivity index (χ4v) is 1.71. The molecule has 0 spiro atoms. The quantitative estimate of drug-likeness (QED) is 0.823. The van der Waals surface area contributed by atoms with E-state index in [-0.39, 0.29) is 5.82 Å². The first-order valence-corrected chi connectivity index (χ1v) is 5.64. The largest absolute Gasteiger partial charge is 0.389 e. The summed E-state index contributed by atoms with van der Waals surface area (Å²) >= 11 is 0. The summed E-state index contributed by atoms with van der Waals surface area (Å²) in [6.45, 7) is 0. The average molecular weight is 258 g/mol. The van der Waals surface area contributed by atoms with E-state index in [1.54, 1.807) is 0 Å². The van der Waals surface area contributed by atoms with Gasteiger partial charge in [0.2, 0.25) is 0 Å². The first-order valence-electron chi connectivity index (χ1n) is 4.09. The van der Waals surface area contributed by atoms with Gasteiger partial charge in [0, 0.05) is 13.5 Å². The maximum absolute atomic E-state index is 11.9. The number of nitrogens with two attached hydrogens (primary N) is 1. The van der Waals surface area contributed by atoms with Crippen LogP contribution >= 0.6 is 0 Å². The molecule has 0 bridgehead atoms. The maximum atomic E-state index is 11.9. The molecule has 0 aliphatic carbocycles. The second-order valence-corrected chi connectivity index (χ2v) is 4.57. The third kappa shape index (κ3) is 3.17. The lowest BCUT2D eigenvalue weighted by Crippen LogP contribution is -2.18. The van der Waals surface area contributed by atoms with Gasteiger partial charge in [0.05, 0.1) is 6.42 Å². The molecule has 0 unspecified atom stereocenters. The summed E-state index contributed by atoms with van der Waals surface area (Å²) in [6.07, 6.45) is -5.86. The van der Waals surface area contributed by atoms with Crippen LogP contribution in [0.3, 0.4) is 0 Å². The smallest absolute Gasteiger partial charge is 0.304 e. The topological polar surface area (TPSA) is 90.9 Å². The SMILES string of the molecule is Cn1c(CCC(F)(F)F)nnc1S(N)(=O)=O. The second kappa shape index (κ2) is 4.01. The van der Waals surface area contributed by atoms with Crippen molar-refractivity contribution in [2.45, 2.75) is 24.2 Å². The Balaban J connectivity index is 2.90. The van der Waals surface area contributed by atoms with E-state index >= 15 is 0 Å². The molecule has 0 amide bonds. The monoisotopic (exact) mass is 258 g/mol. The Morgan fingerprint density at radius 2 is 1.94 bits per heavy atom. The van der Waals surface area contributed by atoms with Gasteiger partial charge in [0.15, 0.2) is 0 Å². The van der Waals surface area contributed by atoms with Crippen molar-refractivity contribution in [3.05, 3.63) is 5.82 Å². The molecule has 0 saturated carbocycles. The molecular formula is C6H9F3N4O2S. The van der Waals surface area contributed by atoms with Gasteiger partial charge in [-0.3, -0.25) is 0 Å². The van der Waals surface area contributed by atoms with E-state index in [1.165, 1.54) is 7.05 Å². The number of hydrogen-bond donors (Lipinski definition) is 1. The Hall–Kier alpha value is -1.16. The molecule has 6 nitrogen and oxygen atoms in total. The molecule has 16 heavy (non-hydrogen) atoms. The van der Waals surface area contributed by atoms with E-state index in [0.717, 1.165) is 4.57 Å². The van der Waals surface area contributed by atoms with Crippen molar-refractivity contribution in [1.29, 1.82) is 0 Å². The lowest BCUT2D eigenvalue weighted by atomic mass is 10.3. The highest BCUT2D eigenvalue weighted by atomic mass is 32.2. The van der Waals surface area contributed by atoms with Crippen molar-refractivity contribution in [3.63, 3.8) is 0 Å². The van der Waals surface area contributed by atoms with Crippen LogP contribution in [0, 0.1) is 0 Å². The molecule has 0 aliphatic rings. The van der Waals surface area contributed by atoms with Crippen LogP contribution < -0.4 is 5.14 Å². The Bertz CT molecular complexity index is 478. The molecule has 1 aromatic rings. The summed E-state index contributed by atoms with van der Waals surface area (Å²) in [4.78, 5) is 0. The molecule has 2 N–H and O–H groups in total. The van der Waals surface area contributed by atoms with Gasteiger partial charge in [-0.25, -0.2) is 13.6 Å². The number of aryl methyl sites for hydroxylation is 1. The van der Waals surface area contributed by atoms with E-state index in [9.17, 15) is 21.6 Å². The predicted octanol–water partition coefficient (Wildman–Crippen LogP) is -0.0426. The maximum Gasteiger partial charge on any atom is 0.389 e. The molecule has 0 fully saturated rings. The highest BCUT2D eigenvalue weighted by molar-refractivity contribution is 7.89. The van der Waals surface area contributed by atoms with Gasteiger partial charge in [-0.2, -0.15) is 13.2 Å². The molecule has 0 aromatic carbocycles. The number of primary sulfonamides is 1. The van der Waals surface area contributed by atoms with Crippen molar-refractivity contribution in [2.75, 3.05) is 0 Å². The fourth-order valence-electron chi connectivity index (χ4n) is 1.06. The Kier molecular flexibility index (Phi) is 3.24. The molecule has 1 rings (SSSR count). The summed E-state index contributed by atoms with van der Waals surface area (Å²) < 4.78 is 58.5. The van der Waals surface area contributed by atoms with Crippen LogP contribution in [0.5, 0.6) is 0 Å². The van der Waals surface area contributed by atoms with Crippen molar-refractivity contribution < 1.29 is 21.6 Å². The van der Waals surface area contributed by atoms with Gasteiger partial charge >= 0.3 is 6.18 Å². The van der Waals surface area contributed by atoms with Crippen molar-refractivity contribution in [1.82, 2.24) is 14.8 Å². The number of halogens is 3. The van der Waals surface area contributed by atoms with Gasteiger partial charge in [0.1, 0.15) is 5.82 Å². The van der Waals surface area contributed by atoms with Crippen LogP contribution in [0.25, 0.3) is 0 Å². The molecule has 0 atom stereocenters. The molecule has 92 valence electrons. The zero-order valence-corrected chi connectivity index (χ0v) is 9.01. The first-order chi connectivity index (χ1) is 7.11. The number of rotatable bonds is 3. The number of hydrogen-bond acceptors (Lipinski definition) is 4. The number of sulfonamides is 1. The highest BCUT2D eigenvalue weighted by Gasteiger charge is 2.28. The zero-order valence-electron chi connectivity index (χ0n) is 8.19. The van der Waals surface area contributed by atoms with Crippen LogP contribution in [-0.2, 0) is 23.5 Å². The molecule has 0 radical (unpaired) electrons. The fraction of sp³-hybridized carbons (Fsp3) is 0.667. The first kappa shape index (κ1) is 12.9. The van der Waals surface area contributed by atoms with Crippen molar-refractivity contribution in [2.24, 2.45) is 12.2 Å². The second-order valence-electron chi connectivity index (χ2n) is 3.12. The van der Waals surface area contributed by atoms with Gasteiger partial charge < -0.3 is 4.57 Å². The molecule has 10 heteroatoms. The summed E-state index contributed by atoms with van der Waals surface area (Å²) in [7, 11) is -2.82. The predicted molar refractivity (Wildman–Crippen MR) is 46.8 cm³/mol. The van der Waals surface area contributed by atoms with Crippen LogP contribution in [0.2, 0.25) is 0 Å². The number of nitrogens with zero attached hydrogens (tertiary/aromatic N) is 3. The van der Waals surface area contributed by atoms with Crippen LogP contribution in [0.1, 0.15) is 12.2 Å². The summed E-state index contributed by atoms with van der Waals surface area (Å²) in [6, 6.07) is 0. The lowest BCUT2D eigenvalue weighted by molar-refractivity contribution is -0.134. The minimum Gasteiger partial charge on any atom is -0.304 e. The molecule has 1 heterocycles. The van der Waals surface area contributed by atoms with Crippen molar-refractivity contribution in [3.8, 4) is 0 Å². The number of alkyl halides is 3. The van der Waals surface area contributed by atoms with E-state index in [0.29, 0.717) is 0 Å². The Labute approximate surface area is 89.3 Å². The highest BCUT2D eigenvalue weighted by Crippen LogP contribution is 2.21. The normalized spacial score (nSPS) is 13.1. The van der Waals surface area contributed by atoms with E-state index in [2.05, 4.69) is 10.2 Å². The minimum atomic E-state index is -4.33. The summed E-state index contributed by atoms with van der Waals surface area (Å²) in [5, 5.41) is 10.8. The van der Waals surface area contributed by atoms with Crippen LogP contribution in [-0.4, -0.2) is 29.4 Å². The Morgan fingerprint density at radius 1 is 1.38 bits per heavy atom. The van der Waals surface area contributed by atoms with E-state index in [4.69, 9.17) is 5.14 Å². The molecular weight excluding hydrogens is 249 g/mol. The van der Waals surface area contributed by atoms with E-state index in [1.807, 2.05) is 0 Å². The molecule has 1 aromatic heterocycles. The summed E-state index contributed by atoms with van der Waals surface area (Å²) in [5.41, 5.74) is 0. The third-order valence-electron chi connectivity index (χ3n) is 1.81. The average Bonchev–Trinajstić information content (AvgIpc) is 2.41. The van der Waals surface area contributed by atoms with Gasteiger partial charge in [-0.15, -0.1) is 10.2 Å². The number of aromatic nitrogens is 3. The lowest BCUT2D eigenvalue weighted by Gasteiger charge is -2.05. The van der Waals surface area contributed by atoms with Gasteiger partial charge in [-0.05, 0) is 0 Å². The van der Waals surface area contributed by atoms with Gasteiger partial charge in [0.25, 0.3) is 15.2 Å².